The molecule has 0 aliphatic rings. The maximum absolute atomic E-state index is 13.8. The standard InChI is InChI=1S/C20H26FN3O2S/c1-14-5-10-18(11-19(14)21)15(2)24-20(22-3)23-12-16-6-8-17(9-7-16)13-27(4,25)26/h5-11,15H,12-13H2,1-4H3,(H2,22,23,24). The molecule has 2 aromatic carbocycles. The van der Waals surface area contributed by atoms with Crippen molar-refractivity contribution in [1.29, 1.82) is 0 Å². The molecule has 0 radical (unpaired) electrons. The SMILES string of the molecule is CN=C(NCc1ccc(CS(C)(=O)=O)cc1)NC(C)c1ccc(C)c(F)c1. The summed E-state index contributed by atoms with van der Waals surface area (Å²) in [7, 11) is -1.36. The second-order valence-electron chi connectivity index (χ2n) is 6.69. The molecule has 5 nitrogen and oxygen atoms in total. The molecule has 0 aliphatic carbocycles. The van der Waals surface area contributed by atoms with Crippen LogP contribution in [0.4, 0.5) is 4.39 Å². The van der Waals surface area contributed by atoms with E-state index in [1.165, 1.54) is 12.3 Å². The van der Waals surface area contributed by atoms with Gasteiger partial charge in [0.2, 0.25) is 0 Å². The van der Waals surface area contributed by atoms with E-state index >= 15 is 0 Å². The van der Waals surface area contributed by atoms with Crippen molar-refractivity contribution in [2.75, 3.05) is 13.3 Å². The van der Waals surface area contributed by atoms with Gasteiger partial charge >= 0.3 is 0 Å². The summed E-state index contributed by atoms with van der Waals surface area (Å²) in [4.78, 5) is 4.20. The van der Waals surface area contributed by atoms with Gasteiger partial charge < -0.3 is 10.6 Å². The molecule has 2 N–H and O–H groups in total. The van der Waals surface area contributed by atoms with Crippen LogP contribution in [0.15, 0.2) is 47.5 Å². The van der Waals surface area contributed by atoms with Gasteiger partial charge in [0.05, 0.1) is 11.8 Å². The van der Waals surface area contributed by atoms with Crippen molar-refractivity contribution in [2.24, 2.45) is 4.99 Å². The molecule has 0 fully saturated rings. The van der Waals surface area contributed by atoms with Crippen molar-refractivity contribution >= 4 is 15.8 Å². The average Bonchev–Trinajstić information content (AvgIpc) is 2.60. The first kappa shape index (κ1) is 20.9. The smallest absolute Gasteiger partial charge is 0.191 e. The fourth-order valence-electron chi connectivity index (χ4n) is 2.60. The summed E-state index contributed by atoms with van der Waals surface area (Å²) in [5.41, 5.74) is 3.22. The third-order valence-corrected chi connectivity index (χ3v) is 5.04. The van der Waals surface area contributed by atoms with E-state index in [1.54, 1.807) is 20.0 Å². The molecule has 0 bridgehead atoms. The first-order valence-electron chi connectivity index (χ1n) is 8.66. The fraction of sp³-hybridized carbons (Fsp3) is 0.350. The largest absolute Gasteiger partial charge is 0.352 e. The Morgan fingerprint density at radius 2 is 1.78 bits per heavy atom. The van der Waals surface area contributed by atoms with E-state index in [-0.39, 0.29) is 17.6 Å². The van der Waals surface area contributed by atoms with Gasteiger partial charge in [0.1, 0.15) is 5.82 Å². The minimum absolute atomic E-state index is 0.0363. The molecule has 1 atom stereocenters. The van der Waals surface area contributed by atoms with Crippen LogP contribution in [-0.4, -0.2) is 27.7 Å². The van der Waals surface area contributed by atoms with Crippen LogP contribution in [0.2, 0.25) is 0 Å². The molecular weight excluding hydrogens is 365 g/mol. The molecule has 0 aromatic heterocycles. The minimum Gasteiger partial charge on any atom is -0.352 e. The van der Waals surface area contributed by atoms with E-state index in [4.69, 9.17) is 0 Å². The average molecular weight is 392 g/mol. The number of halogens is 1. The number of nitrogens with zero attached hydrogens (tertiary/aromatic N) is 1. The van der Waals surface area contributed by atoms with Crippen molar-refractivity contribution in [3.05, 3.63) is 70.5 Å². The number of nitrogens with one attached hydrogen (secondary N) is 2. The Morgan fingerprint density at radius 3 is 2.33 bits per heavy atom. The van der Waals surface area contributed by atoms with E-state index in [0.717, 1.165) is 16.7 Å². The highest BCUT2D eigenvalue weighted by molar-refractivity contribution is 7.89. The Bertz CT molecular complexity index is 909. The maximum atomic E-state index is 13.8. The monoisotopic (exact) mass is 391 g/mol. The number of hydrogen-bond acceptors (Lipinski definition) is 3. The molecule has 146 valence electrons. The summed E-state index contributed by atoms with van der Waals surface area (Å²) in [5, 5.41) is 6.44. The van der Waals surface area contributed by atoms with Gasteiger partial charge in [-0.15, -0.1) is 0 Å². The number of benzene rings is 2. The normalized spacial score (nSPS) is 13.3. The Hall–Kier alpha value is -2.41. The van der Waals surface area contributed by atoms with Crippen LogP contribution in [0, 0.1) is 12.7 Å². The van der Waals surface area contributed by atoms with Gasteiger partial charge in [0.25, 0.3) is 0 Å². The van der Waals surface area contributed by atoms with Crippen molar-refractivity contribution in [3.8, 4) is 0 Å². The van der Waals surface area contributed by atoms with Crippen molar-refractivity contribution in [1.82, 2.24) is 10.6 Å². The quantitative estimate of drug-likeness (QED) is 0.586. The highest BCUT2D eigenvalue weighted by atomic mass is 32.2. The summed E-state index contributed by atoms with van der Waals surface area (Å²) in [6.07, 6.45) is 1.22. The number of hydrogen-bond donors (Lipinski definition) is 2. The zero-order valence-corrected chi connectivity index (χ0v) is 16.9. The molecule has 0 spiro atoms. The maximum Gasteiger partial charge on any atom is 0.191 e. The predicted octanol–water partition coefficient (Wildman–Crippen LogP) is 3.10. The van der Waals surface area contributed by atoms with Crippen molar-refractivity contribution in [3.63, 3.8) is 0 Å². The van der Waals surface area contributed by atoms with Gasteiger partial charge in [-0.1, -0.05) is 36.4 Å². The van der Waals surface area contributed by atoms with E-state index < -0.39 is 9.84 Å². The number of sulfone groups is 1. The number of rotatable bonds is 6. The summed E-state index contributed by atoms with van der Waals surface area (Å²) in [6, 6.07) is 12.5. The molecule has 1 unspecified atom stereocenters. The van der Waals surface area contributed by atoms with Crippen LogP contribution < -0.4 is 10.6 Å². The zero-order chi connectivity index (χ0) is 20.0. The van der Waals surface area contributed by atoms with Gasteiger partial charge in [0, 0.05) is 19.8 Å². The second-order valence-corrected chi connectivity index (χ2v) is 8.83. The Kier molecular flexibility index (Phi) is 6.96. The fourth-order valence-corrected chi connectivity index (χ4v) is 3.40. The minimum atomic E-state index is -3.04. The summed E-state index contributed by atoms with van der Waals surface area (Å²) < 4.78 is 36.4. The highest BCUT2D eigenvalue weighted by Gasteiger charge is 2.10. The van der Waals surface area contributed by atoms with Crippen LogP contribution in [-0.2, 0) is 22.1 Å². The van der Waals surface area contributed by atoms with E-state index in [9.17, 15) is 12.8 Å². The lowest BCUT2D eigenvalue weighted by molar-refractivity contribution is 0.601. The molecule has 0 heterocycles. The molecule has 0 saturated carbocycles. The third-order valence-electron chi connectivity index (χ3n) is 4.18. The number of aliphatic imine (C=N–C) groups is 1. The topological polar surface area (TPSA) is 70.6 Å². The lowest BCUT2D eigenvalue weighted by atomic mass is 10.1. The zero-order valence-electron chi connectivity index (χ0n) is 16.1. The lowest BCUT2D eigenvalue weighted by Gasteiger charge is -2.19. The first-order valence-corrected chi connectivity index (χ1v) is 10.7. The number of guanidine groups is 1. The molecule has 2 aromatic rings. The first-order chi connectivity index (χ1) is 12.7. The van der Waals surface area contributed by atoms with E-state index in [2.05, 4.69) is 15.6 Å². The van der Waals surface area contributed by atoms with Crippen LogP contribution in [0.5, 0.6) is 0 Å². The van der Waals surface area contributed by atoms with Crippen LogP contribution in [0.3, 0.4) is 0 Å². The third kappa shape index (κ3) is 6.67. The molecule has 0 amide bonds. The summed E-state index contributed by atoms with van der Waals surface area (Å²) >= 11 is 0. The van der Waals surface area contributed by atoms with Gasteiger partial charge in [-0.05, 0) is 42.2 Å². The Labute approximate surface area is 160 Å². The number of aryl methyl sites for hydroxylation is 1. The van der Waals surface area contributed by atoms with Gasteiger partial charge in [-0.25, -0.2) is 12.8 Å². The summed E-state index contributed by atoms with van der Waals surface area (Å²) in [6.45, 7) is 4.21. The predicted molar refractivity (Wildman–Crippen MR) is 108 cm³/mol. The van der Waals surface area contributed by atoms with Crippen molar-refractivity contribution in [2.45, 2.75) is 32.2 Å². The van der Waals surface area contributed by atoms with E-state index in [0.29, 0.717) is 18.1 Å². The Balaban J connectivity index is 1.94. The molecule has 2 rings (SSSR count). The van der Waals surface area contributed by atoms with Crippen LogP contribution in [0.1, 0.15) is 35.2 Å². The highest BCUT2D eigenvalue weighted by Crippen LogP contribution is 2.16. The summed E-state index contributed by atoms with van der Waals surface area (Å²) in [5.74, 6) is 0.413. The Morgan fingerprint density at radius 1 is 1.15 bits per heavy atom. The van der Waals surface area contributed by atoms with Gasteiger partial charge in [-0.2, -0.15) is 0 Å². The molecular formula is C20H26FN3O2S. The van der Waals surface area contributed by atoms with E-state index in [1.807, 2.05) is 37.3 Å². The van der Waals surface area contributed by atoms with Crippen LogP contribution >= 0.6 is 0 Å². The molecule has 7 heteroatoms. The van der Waals surface area contributed by atoms with Gasteiger partial charge in [-0.3, -0.25) is 4.99 Å². The van der Waals surface area contributed by atoms with Crippen molar-refractivity contribution < 1.29 is 12.8 Å². The second kappa shape index (κ2) is 8.99. The van der Waals surface area contributed by atoms with Gasteiger partial charge in [0.15, 0.2) is 15.8 Å². The molecule has 0 saturated heterocycles. The molecule has 0 aliphatic heterocycles. The van der Waals surface area contributed by atoms with Crippen LogP contribution in [0.25, 0.3) is 0 Å². The molecule has 27 heavy (non-hydrogen) atoms. The lowest BCUT2D eigenvalue weighted by Crippen LogP contribution is -2.38.